The highest BCUT2D eigenvalue weighted by molar-refractivity contribution is 5.81. The standard InChI is InChI=1S/C28H40N8O4/c1-27(2,3)18-9-7-17(8-10-18)13-31-26(37)30-11-12-35(6)14-19-21-22(40-28(4,5)39-21)25(38-19)36-16-34-20-23(29)32-15-33-24(20)36/h7-10,15-16,19,21-22,25H,11-14H2,1-6H3,(H2,29,32,33)(H2,30,31,37)/t19-,21-,22-,25-/m1/s1. The van der Waals surface area contributed by atoms with Crippen LogP contribution in [0.2, 0.25) is 0 Å². The number of ether oxygens (including phenoxy) is 3. The zero-order chi connectivity index (χ0) is 28.7. The second-order valence-corrected chi connectivity index (χ2v) is 12.0. The van der Waals surface area contributed by atoms with Gasteiger partial charge in [0.25, 0.3) is 0 Å². The number of carbonyl (C=O) groups excluding carboxylic acids is 1. The summed E-state index contributed by atoms with van der Waals surface area (Å²) in [6.07, 6.45) is 1.70. The van der Waals surface area contributed by atoms with E-state index in [1.54, 1.807) is 6.33 Å². The third-order valence-electron chi connectivity index (χ3n) is 7.33. The summed E-state index contributed by atoms with van der Waals surface area (Å²) in [5.41, 5.74) is 9.51. The van der Waals surface area contributed by atoms with E-state index in [1.165, 1.54) is 11.9 Å². The highest BCUT2D eigenvalue weighted by atomic mass is 16.8. The van der Waals surface area contributed by atoms with Gasteiger partial charge in [-0.1, -0.05) is 45.0 Å². The molecule has 1 aromatic carbocycles. The van der Waals surface area contributed by atoms with Crippen LogP contribution >= 0.6 is 0 Å². The van der Waals surface area contributed by atoms with Crippen LogP contribution in [0.3, 0.4) is 0 Å². The van der Waals surface area contributed by atoms with Gasteiger partial charge in [-0.25, -0.2) is 19.7 Å². The molecule has 2 aliphatic rings. The van der Waals surface area contributed by atoms with Gasteiger partial charge in [-0.2, -0.15) is 0 Å². The van der Waals surface area contributed by atoms with Crippen molar-refractivity contribution in [1.82, 2.24) is 35.1 Å². The molecule has 2 aromatic heterocycles. The lowest BCUT2D eigenvalue weighted by Gasteiger charge is -2.27. The van der Waals surface area contributed by atoms with Gasteiger partial charge in [0, 0.05) is 26.2 Å². The highest BCUT2D eigenvalue weighted by Gasteiger charge is 2.56. The molecule has 216 valence electrons. The lowest BCUT2D eigenvalue weighted by molar-refractivity contribution is -0.197. The molecular formula is C28H40N8O4. The predicted molar refractivity (Wildman–Crippen MR) is 150 cm³/mol. The average Bonchev–Trinajstić information content (AvgIpc) is 3.54. The Morgan fingerprint density at radius 1 is 1.10 bits per heavy atom. The predicted octanol–water partition coefficient (Wildman–Crippen LogP) is 2.55. The molecule has 5 rings (SSSR count). The molecule has 4 atom stereocenters. The molecule has 0 spiro atoms. The summed E-state index contributed by atoms with van der Waals surface area (Å²) in [7, 11) is 1.99. The zero-order valence-corrected chi connectivity index (χ0v) is 24.0. The molecule has 4 N–H and O–H groups in total. The molecule has 0 aliphatic carbocycles. The highest BCUT2D eigenvalue weighted by Crippen LogP contribution is 2.44. The van der Waals surface area contributed by atoms with Gasteiger partial charge >= 0.3 is 6.03 Å². The van der Waals surface area contributed by atoms with Crippen molar-refractivity contribution in [2.75, 3.05) is 32.4 Å². The van der Waals surface area contributed by atoms with E-state index in [0.29, 0.717) is 43.2 Å². The fraction of sp³-hybridized carbons (Fsp3) is 0.571. The van der Waals surface area contributed by atoms with Gasteiger partial charge in [-0.05, 0) is 37.4 Å². The number of imidazole rings is 1. The lowest BCUT2D eigenvalue weighted by Crippen LogP contribution is -2.43. The number of aromatic nitrogens is 4. The molecule has 2 saturated heterocycles. The summed E-state index contributed by atoms with van der Waals surface area (Å²) in [5.74, 6) is -0.431. The summed E-state index contributed by atoms with van der Waals surface area (Å²) in [6, 6.07) is 8.14. The van der Waals surface area contributed by atoms with E-state index in [2.05, 4.69) is 75.5 Å². The second-order valence-electron chi connectivity index (χ2n) is 12.0. The van der Waals surface area contributed by atoms with Gasteiger partial charge in [-0.3, -0.25) is 4.57 Å². The Bertz CT molecular complexity index is 1340. The van der Waals surface area contributed by atoms with Crippen molar-refractivity contribution < 1.29 is 19.0 Å². The number of hydrogen-bond acceptors (Lipinski definition) is 9. The smallest absolute Gasteiger partial charge is 0.315 e. The van der Waals surface area contributed by atoms with Crippen molar-refractivity contribution in [3.05, 3.63) is 48.0 Å². The first-order chi connectivity index (χ1) is 18.9. The number of fused-ring (bicyclic) bond motifs is 2. The number of nitrogens with two attached hydrogens (primary N) is 1. The third kappa shape index (κ3) is 6.04. The monoisotopic (exact) mass is 552 g/mol. The molecule has 12 nitrogen and oxygen atoms in total. The fourth-order valence-corrected chi connectivity index (χ4v) is 5.21. The molecule has 4 heterocycles. The number of nitrogens with one attached hydrogen (secondary N) is 2. The molecule has 40 heavy (non-hydrogen) atoms. The van der Waals surface area contributed by atoms with Crippen molar-refractivity contribution in [1.29, 1.82) is 0 Å². The summed E-state index contributed by atoms with van der Waals surface area (Å²) >= 11 is 0. The quantitative estimate of drug-likeness (QED) is 0.384. The van der Waals surface area contributed by atoms with Crippen molar-refractivity contribution in [3.63, 3.8) is 0 Å². The van der Waals surface area contributed by atoms with Gasteiger partial charge in [-0.15, -0.1) is 0 Å². The van der Waals surface area contributed by atoms with Crippen LogP contribution in [0.15, 0.2) is 36.9 Å². The van der Waals surface area contributed by atoms with Gasteiger partial charge in [0.1, 0.15) is 30.2 Å². The molecule has 2 aliphatic heterocycles. The maximum atomic E-state index is 12.4. The van der Waals surface area contributed by atoms with Crippen LogP contribution in [0.25, 0.3) is 11.2 Å². The van der Waals surface area contributed by atoms with E-state index in [1.807, 2.05) is 25.5 Å². The van der Waals surface area contributed by atoms with Gasteiger partial charge in [0.15, 0.2) is 23.5 Å². The van der Waals surface area contributed by atoms with Crippen LogP contribution in [0.4, 0.5) is 10.6 Å². The number of likely N-dealkylation sites (N-methyl/N-ethyl adjacent to an activating group) is 1. The maximum Gasteiger partial charge on any atom is 0.315 e. The number of benzene rings is 1. The number of nitrogen functional groups attached to an aromatic ring is 1. The Labute approximate surface area is 234 Å². The molecule has 0 unspecified atom stereocenters. The second kappa shape index (κ2) is 10.9. The van der Waals surface area contributed by atoms with E-state index in [9.17, 15) is 4.79 Å². The molecular weight excluding hydrogens is 512 g/mol. The summed E-state index contributed by atoms with van der Waals surface area (Å²) in [4.78, 5) is 27.2. The lowest BCUT2D eigenvalue weighted by atomic mass is 9.87. The third-order valence-corrected chi connectivity index (χ3v) is 7.33. The summed E-state index contributed by atoms with van der Waals surface area (Å²) < 4.78 is 20.8. The van der Waals surface area contributed by atoms with Crippen LogP contribution in [0.1, 0.15) is 52.0 Å². The molecule has 0 saturated carbocycles. The Balaban J connectivity index is 1.13. The van der Waals surface area contributed by atoms with Crippen LogP contribution < -0.4 is 16.4 Å². The number of hydrogen-bond donors (Lipinski definition) is 3. The first-order valence-corrected chi connectivity index (χ1v) is 13.6. The Morgan fingerprint density at radius 2 is 1.82 bits per heavy atom. The van der Waals surface area contributed by atoms with Crippen LogP contribution in [0.5, 0.6) is 0 Å². The normalized spacial score (nSPS) is 24.0. The number of nitrogens with zero attached hydrogens (tertiary/aromatic N) is 5. The minimum Gasteiger partial charge on any atom is -0.382 e. The molecule has 12 heteroatoms. The first-order valence-electron chi connectivity index (χ1n) is 13.6. The van der Waals surface area contributed by atoms with Gasteiger partial charge < -0.3 is 35.5 Å². The van der Waals surface area contributed by atoms with Crippen molar-refractivity contribution >= 4 is 23.0 Å². The van der Waals surface area contributed by atoms with Crippen LogP contribution in [-0.4, -0.2) is 81.2 Å². The van der Waals surface area contributed by atoms with Crippen molar-refractivity contribution in [2.24, 2.45) is 0 Å². The molecule has 0 radical (unpaired) electrons. The van der Waals surface area contributed by atoms with E-state index in [0.717, 1.165) is 5.56 Å². The molecule has 2 amide bonds. The number of amides is 2. The van der Waals surface area contributed by atoms with Crippen molar-refractivity contribution in [2.45, 2.75) is 76.9 Å². The van der Waals surface area contributed by atoms with E-state index < -0.39 is 12.0 Å². The number of rotatable bonds is 8. The molecule has 2 fully saturated rings. The number of anilines is 1. The maximum absolute atomic E-state index is 12.4. The first kappa shape index (κ1) is 28.2. The Kier molecular flexibility index (Phi) is 7.71. The number of urea groups is 1. The largest absolute Gasteiger partial charge is 0.382 e. The Hall–Kier alpha value is -3.32. The van der Waals surface area contributed by atoms with E-state index in [4.69, 9.17) is 19.9 Å². The van der Waals surface area contributed by atoms with Gasteiger partial charge in [0.05, 0.1) is 6.33 Å². The van der Waals surface area contributed by atoms with E-state index in [-0.39, 0.29) is 29.8 Å². The molecule has 3 aromatic rings. The molecule has 0 bridgehead atoms. The van der Waals surface area contributed by atoms with Crippen LogP contribution in [-0.2, 0) is 26.2 Å². The minimum atomic E-state index is -0.745. The zero-order valence-electron chi connectivity index (χ0n) is 24.0. The fourth-order valence-electron chi connectivity index (χ4n) is 5.21. The summed E-state index contributed by atoms with van der Waals surface area (Å²) in [5, 5.41) is 5.86. The Morgan fingerprint density at radius 3 is 2.55 bits per heavy atom. The van der Waals surface area contributed by atoms with E-state index >= 15 is 0 Å². The number of carbonyl (C=O) groups is 1. The SMILES string of the molecule is CN(CCNC(=O)NCc1ccc(C(C)(C)C)cc1)C[C@H]1O[C@@H](n2cnc3c(N)ncnc32)[C@@H]2OC(C)(C)O[C@@H]21. The van der Waals surface area contributed by atoms with Gasteiger partial charge in [0.2, 0.25) is 0 Å². The summed E-state index contributed by atoms with van der Waals surface area (Å²) in [6.45, 7) is 12.5. The van der Waals surface area contributed by atoms with Crippen molar-refractivity contribution in [3.8, 4) is 0 Å². The topological polar surface area (TPSA) is 142 Å². The van der Waals surface area contributed by atoms with Crippen LogP contribution in [0, 0.1) is 0 Å². The average molecular weight is 553 g/mol. The minimum absolute atomic E-state index is 0.102.